The molecule has 1 N–H and O–H groups in total. The Morgan fingerprint density at radius 2 is 1.89 bits per heavy atom. The van der Waals surface area contributed by atoms with Gasteiger partial charge in [-0.2, -0.15) is 13.2 Å². The number of amides is 1. The average molecular weight is 531 g/mol. The van der Waals surface area contributed by atoms with Crippen molar-refractivity contribution in [3.05, 3.63) is 47.8 Å². The zero-order valence-electron chi connectivity index (χ0n) is 19.2. The molecular weight excluding hydrogens is 508 g/mol. The number of nitrogens with zero attached hydrogens (tertiary/aromatic N) is 3. The van der Waals surface area contributed by atoms with Crippen molar-refractivity contribution in [1.29, 1.82) is 0 Å². The molecule has 0 aliphatic carbocycles. The van der Waals surface area contributed by atoms with Gasteiger partial charge in [-0.05, 0) is 38.3 Å². The van der Waals surface area contributed by atoms with Crippen LogP contribution in [0.3, 0.4) is 0 Å². The molecule has 194 valence electrons. The lowest BCUT2D eigenvalue weighted by molar-refractivity contribution is -0.153. The van der Waals surface area contributed by atoms with Crippen LogP contribution in [0.4, 0.5) is 17.6 Å². The predicted octanol–water partition coefficient (Wildman–Crippen LogP) is 3.61. The number of halogens is 4. The van der Waals surface area contributed by atoms with Gasteiger partial charge in [-0.3, -0.25) is 4.79 Å². The number of hydrogen-bond acceptors (Lipinski definition) is 7. The number of imidazole rings is 1. The van der Waals surface area contributed by atoms with Crippen LogP contribution >= 0.6 is 0 Å². The molecule has 3 aromatic heterocycles. The Labute approximate surface area is 203 Å². The molecule has 4 heterocycles. The van der Waals surface area contributed by atoms with E-state index in [0.717, 1.165) is 12.3 Å². The zero-order chi connectivity index (χ0) is 26.3. The Kier molecular flexibility index (Phi) is 6.58. The molecule has 0 unspecified atom stereocenters. The molecule has 9 nitrogen and oxygen atoms in total. The van der Waals surface area contributed by atoms with E-state index in [9.17, 15) is 30.8 Å². The second kappa shape index (κ2) is 9.22. The van der Waals surface area contributed by atoms with E-state index in [0.29, 0.717) is 11.2 Å². The van der Waals surface area contributed by atoms with Crippen molar-refractivity contribution >= 4 is 21.4 Å². The van der Waals surface area contributed by atoms with E-state index in [1.807, 2.05) is 0 Å². The molecule has 0 saturated carbocycles. The summed E-state index contributed by atoms with van der Waals surface area (Å²) in [6, 6.07) is 2.32. The fourth-order valence-electron chi connectivity index (χ4n) is 3.63. The second-order valence-corrected chi connectivity index (χ2v) is 11.1. The minimum Gasteiger partial charge on any atom is -0.478 e. The Hall–Kier alpha value is -3.42. The first-order valence-electron chi connectivity index (χ1n) is 10.8. The third-order valence-electron chi connectivity index (χ3n) is 5.71. The number of hydrogen-bond donors (Lipinski definition) is 1. The summed E-state index contributed by atoms with van der Waals surface area (Å²) in [4.78, 5) is 20.8. The summed E-state index contributed by atoms with van der Waals surface area (Å²) in [7, 11) is -3.10. The predicted molar refractivity (Wildman–Crippen MR) is 120 cm³/mol. The first-order chi connectivity index (χ1) is 16.7. The molecule has 0 aromatic carbocycles. The van der Waals surface area contributed by atoms with Crippen LogP contribution in [0.15, 0.2) is 30.7 Å². The minimum absolute atomic E-state index is 0.0130. The number of sulfone groups is 1. The van der Waals surface area contributed by atoms with Crippen molar-refractivity contribution in [1.82, 2.24) is 19.7 Å². The first kappa shape index (κ1) is 25.7. The topological polar surface area (TPSA) is 112 Å². The van der Waals surface area contributed by atoms with Crippen LogP contribution in [0, 0.1) is 12.7 Å². The van der Waals surface area contributed by atoms with E-state index in [2.05, 4.69) is 20.0 Å². The third-order valence-corrected chi connectivity index (χ3v) is 7.36. The summed E-state index contributed by atoms with van der Waals surface area (Å²) in [5.74, 6) is -2.15. The zero-order valence-corrected chi connectivity index (χ0v) is 20.0. The van der Waals surface area contributed by atoms with Gasteiger partial charge >= 0.3 is 6.18 Å². The number of aryl methyl sites for hydroxylation is 1. The summed E-state index contributed by atoms with van der Waals surface area (Å²) < 4.78 is 86.4. The fraction of sp³-hybridized carbons (Fsp3) is 0.409. The molecule has 0 radical (unpaired) electrons. The van der Waals surface area contributed by atoms with Gasteiger partial charge in [0.05, 0.1) is 23.9 Å². The maximum absolute atomic E-state index is 13.5. The standard InChI is InChI=1S/C22H22F4N4O5S/c1-13-7-18-28-15(19(31)29-21(2)3-5-36(32,33)6-4-21)10-30(18)11-17(13)35-20-16(8-14(23)9-27-20)34-12-22(24,25)26/h7-11H,3-6,12H2,1-2H3,(H,29,31). The van der Waals surface area contributed by atoms with Gasteiger partial charge in [0.15, 0.2) is 12.4 Å². The SMILES string of the molecule is Cc1cc2nc(C(=O)NC3(C)CCS(=O)(=O)CC3)cn2cc1Oc1ncc(F)cc1OCC(F)(F)F. The molecule has 4 rings (SSSR count). The van der Waals surface area contributed by atoms with E-state index in [1.165, 1.54) is 16.8 Å². The molecular formula is C22H22F4N4O5S. The summed E-state index contributed by atoms with van der Waals surface area (Å²) in [6.45, 7) is 1.77. The van der Waals surface area contributed by atoms with Gasteiger partial charge in [-0.15, -0.1) is 0 Å². The van der Waals surface area contributed by atoms with Crippen molar-refractivity contribution in [2.24, 2.45) is 0 Å². The van der Waals surface area contributed by atoms with E-state index < -0.39 is 45.6 Å². The third kappa shape index (κ3) is 6.04. The first-order valence-corrected chi connectivity index (χ1v) is 12.6. The maximum Gasteiger partial charge on any atom is 0.422 e. The normalized spacial score (nSPS) is 17.1. The van der Waals surface area contributed by atoms with E-state index in [1.54, 1.807) is 19.9 Å². The van der Waals surface area contributed by atoms with Crippen LogP contribution in [0.25, 0.3) is 5.65 Å². The van der Waals surface area contributed by atoms with Gasteiger partial charge < -0.3 is 19.2 Å². The lowest BCUT2D eigenvalue weighted by Gasteiger charge is -2.34. The number of aromatic nitrogens is 3. The Balaban J connectivity index is 1.55. The molecule has 1 saturated heterocycles. The van der Waals surface area contributed by atoms with Crippen molar-refractivity contribution in [2.45, 2.75) is 38.4 Å². The summed E-state index contributed by atoms with van der Waals surface area (Å²) in [5, 5.41) is 2.85. The van der Waals surface area contributed by atoms with Crippen LogP contribution < -0.4 is 14.8 Å². The number of rotatable bonds is 6. The monoisotopic (exact) mass is 530 g/mol. The van der Waals surface area contributed by atoms with E-state index >= 15 is 0 Å². The average Bonchev–Trinajstić information content (AvgIpc) is 3.19. The van der Waals surface area contributed by atoms with Crippen LogP contribution in [0.5, 0.6) is 17.4 Å². The van der Waals surface area contributed by atoms with Crippen molar-refractivity contribution < 1.29 is 40.2 Å². The Bertz CT molecular complexity index is 1410. The highest BCUT2D eigenvalue weighted by molar-refractivity contribution is 7.91. The number of fused-ring (bicyclic) bond motifs is 1. The number of ether oxygens (including phenoxy) is 2. The lowest BCUT2D eigenvalue weighted by atomic mass is 9.95. The van der Waals surface area contributed by atoms with Crippen LogP contribution in [-0.2, 0) is 9.84 Å². The van der Waals surface area contributed by atoms with E-state index in [-0.39, 0.29) is 41.7 Å². The molecule has 36 heavy (non-hydrogen) atoms. The quantitative estimate of drug-likeness (QED) is 0.485. The second-order valence-electron chi connectivity index (χ2n) is 8.84. The number of carbonyl (C=O) groups is 1. The summed E-state index contributed by atoms with van der Waals surface area (Å²) in [5.41, 5.74) is 0.290. The van der Waals surface area contributed by atoms with Crippen molar-refractivity contribution in [2.75, 3.05) is 18.1 Å². The smallest absolute Gasteiger partial charge is 0.422 e. The highest BCUT2D eigenvalue weighted by Gasteiger charge is 2.35. The van der Waals surface area contributed by atoms with Gasteiger partial charge in [0.2, 0.25) is 0 Å². The summed E-state index contributed by atoms with van der Waals surface area (Å²) >= 11 is 0. The molecule has 1 aliphatic rings. The van der Waals surface area contributed by atoms with Crippen LogP contribution in [-0.4, -0.2) is 58.5 Å². The van der Waals surface area contributed by atoms with Crippen molar-refractivity contribution in [3.63, 3.8) is 0 Å². The Morgan fingerprint density at radius 3 is 2.56 bits per heavy atom. The molecule has 0 spiro atoms. The van der Waals surface area contributed by atoms with E-state index in [4.69, 9.17) is 4.74 Å². The molecule has 0 bridgehead atoms. The molecule has 3 aromatic rings. The number of carbonyl (C=O) groups excluding carboxylic acids is 1. The minimum atomic E-state index is -4.64. The largest absolute Gasteiger partial charge is 0.478 e. The van der Waals surface area contributed by atoms with Gasteiger partial charge in [0, 0.05) is 17.8 Å². The van der Waals surface area contributed by atoms with Gasteiger partial charge in [-0.25, -0.2) is 22.8 Å². The molecule has 1 amide bonds. The van der Waals surface area contributed by atoms with Crippen LogP contribution in [0.2, 0.25) is 0 Å². The molecule has 1 aliphatic heterocycles. The van der Waals surface area contributed by atoms with Gasteiger partial charge in [0.1, 0.15) is 32.7 Å². The number of pyridine rings is 2. The highest BCUT2D eigenvalue weighted by Crippen LogP contribution is 2.33. The molecule has 1 fully saturated rings. The maximum atomic E-state index is 13.5. The fourth-order valence-corrected chi connectivity index (χ4v) is 5.36. The lowest BCUT2D eigenvalue weighted by Crippen LogP contribution is -2.51. The number of alkyl halides is 3. The highest BCUT2D eigenvalue weighted by atomic mass is 32.2. The molecule has 0 atom stereocenters. The van der Waals surface area contributed by atoms with Gasteiger partial charge in [-0.1, -0.05) is 0 Å². The molecule has 14 heteroatoms. The van der Waals surface area contributed by atoms with Crippen molar-refractivity contribution in [3.8, 4) is 17.4 Å². The summed E-state index contributed by atoms with van der Waals surface area (Å²) in [6.07, 6.45) is -0.416. The number of nitrogens with one attached hydrogen (secondary N) is 1. The van der Waals surface area contributed by atoms with Gasteiger partial charge in [0.25, 0.3) is 11.8 Å². The Morgan fingerprint density at radius 1 is 1.19 bits per heavy atom. The van der Waals surface area contributed by atoms with Crippen LogP contribution in [0.1, 0.15) is 35.8 Å².